The van der Waals surface area contributed by atoms with Crippen LogP contribution < -0.4 is 11.1 Å². The lowest BCUT2D eigenvalue weighted by Crippen LogP contribution is -2.38. The summed E-state index contributed by atoms with van der Waals surface area (Å²) in [5.41, 5.74) is 6.47. The molecule has 1 saturated carbocycles. The molecule has 1 aromatic rings. The summed E-state index contributed by atoms with van der Waals surface area (Å²) in [5.74, 6) is 0.178. The molecule has 0 saturated heterocycles. The maximum atomic E-state index is 12.1. The molecule has 0 aliphatic heterocycles. The molecular weight excluding hydrogens is 318 g/mol. The number of halogens is 1. The van der Waals surface area contributed by atoms with Gasteiger partial charge < -0.3 is 11.1 Å². The van der Waals surface area contributed by atoms with Gasteiger partial charge in [0.05, 0.1) is 4.92 Å². The van der Waals surface area contributed by atoms with E-state index in [1.54, 1.807) is 12.1 Å². The Kier molecular flexibility index (Phi) is 6.13. The van der Waals surface area contributed by atoms with E-state index in [1.165, 1.54) is 6.07 Å². The van der Waals surface area contributed by atoms with Crippen molar-refractivity contribution < 1.29 is 9.72 Å². The van der Waals surface area contributed by atoms with Gasteiger partial charge >= 0.3 is 0 Å². The number of nitro groups is 1. The highest BCUT2D eigenvalue weighted by molar-refractivity contribution is 5.95. The zero-order valence-corrected chi connectivity index (χ0v) is 14.5. The van der Waals surface area contributed by atoms with Crippen molar-refractivity contribution in [3.05, 3.63) is 39.4 Å². The summed E-state index contributed by atoms with van der Waals surface area (Å²) in [7, 11) is 0. The minimum atomic E-state index is -0.437. The summed E-state index contributed by atoms with van der Waals surface area (Å²) in [4.78, 5) is 23.0. The average Bonchev–Trinajstić information content (AvgIpc) is 3.27. The maximum absolute atomic E-state index is 12.1. The Balaban J connectivity index is 0.00000264. The van der Waals surface area contributed by atoms with Crippen LogP contribution in [0.2, 0.25) is 0 Å². The zero-order valence-electron chi connectivity index (χ0n) is 13.7. The molecule has 7 heteroatoms. The van der Waals surface area contributed by atoms with Gasteiger partial charge in [-0.1, -0.05) is 26.8 Å². The Hall–Kier alpha value is -1.66. The van der Waals surface area contributed by atoms with Gasteiger partial charge in [0.15, 0.2) is 0 Å². The summed E-state index contributed by atoms with van der Waals surface area (Å²) in [6, 6.07) is 4.60. The van der Waals surface area contributed by atoms with Crippen molar-refractivity contribution in [1.82, 2.24) is 5.32 Å². The van der Waals surface area contributed by atoms with Gasteiger partial charge in [0.25, 0.3) is 11.6 Å². The Labute approximate surface area is 142 Å². The number of carbonyl (C=O) groups excluding carboxylic acids is 1. The molecule has 1 atom stereocenters. The van der Waals surface area contributed by atoms with Gasteiger partial charge in [-0.3, -0.25) is 14.9 Å². The zero-order chi connectivity index (χ0) is 16.5. The van der Waals surface area contributed by atoms with Crippen LogP contribution >= 0.6 is 12.4 Å². The van der Waals surface area contributed by atoms with Crippen molar-refractivity contribution in [2.24, 2.45) is 11.7 Å². The lowest BCUT2D eigenvalue weighted by atomic mass is 9.85. The van der Waals surface area contributed by atoms with Gasteiger partial charge in [-0.15, -0.1) is 12.4 Å². The highest BCUT2D eigenvalue weighted by Crippen LogP contribution is 2.32. The van der Waals surface area contributed by atoms with E-state index in [2.05, 4.69) is 5.32 Å². The van der Waals surface area contributed by atoms with Crippen LogP contribution in [0.25, 0.3) is 0 Å². The summed E-state index contributed by atoms with van der Waals surface area (Å²) in [6.45, 7) is 6.12. The normalized spacial score (nSPS) is 15.5. The van der Waals surface area contributed by atoms with E-state index in [-0.39, 0.29) is 35.5 Å². The molecule has 23 heavy (non-hydrogen) atoms. The van der Waals surface area contributed by atoms with Gasteiger partial charge in [0.2, 0.25) is 0 Å². The van der Waals surface area contributed by atoms with Crippen LogP contribution in [-0.2, 0) is 5.41 Å². The molecule has 0 heterocycles. The monoisotopic (exact) mass is 341 g/mol. The number of nitro benzene ring substituents is 1. The molecule has 1 fully saturated rings. The van der Waals surface area contributed by atoms with Crippen molar-refractivity contribution in [3.63, 3.8) is 0 Å². The third-order valence-corrected chi connectivity index (χ3v) is 3.99. The van der Waals surface area contributed by atoms with Gasteiger partial charge in [0, 0.05) is 29.8 Å². The number of hydrogen-bond acceptors (Lipinski definition) is 4. The third kappa shape index (κ3) is 4.91. The van der Waals surface area contributed by atoms with Crippen molar-refractivity contribution in [1.29, 1.82) is 0 Å². The van der Waals surface area contributed by atoms with Gasteiger partial charge in [-0.05, 0) is 30.2 Å². The fourth-order valence-corrected chi connectivity index (χ4v) is 2.46. The van der Waals surface area contributed by atoms with E-state index in [9.17, 15) is 14.9 Å². The van der Waals surface area contributed by atoms with Crippen LogP contribution in [0.15, 0.2) is 18.2 Å². The fourth-order valence-electron chi connectivity index (χ4n) is 2.46. The topological polar surface area (TPSA) is 98.3 Å². The fraction of sp³-hybridized carbons (Fsp3) is 0.562. The second kappa shape index (κ2) is 7.27. The van der Waals surface area contributed by atoms with Gasteiger partial charge in [0.1, 0.15) is 0 Å². The van der Waals surface area contributed by atoms with E-state index in [4.69, 9.17) is 5.73 Å². The molecule has 2 rings (SSSR count). The van der Waals surface area contributed by atoms with Crippen molar-refractivity contribution in [2.75, 3.05) is 6.54 Å². The molecule has 128 valence electrons. The first-order chi connectivity index (χ1) is 10.2. The number of rotatable bonds is 5. The Morgan fingerprint density at radius 1 is 1.43 bits per heavy atom. The Morgan fingerprint density at radius 3 is 2.52 bits per heavy atom. The number of benzene rings is 1. The van der Waals surface area contributed by atoms with Gasteiger partial charge in [-0.2, -0.15) is 0 Å². The second-order valence-electron chi connectivity index (χ2n) is 6.95. The van der Waals surface area contributed by atoms with Crippen LogP contribution in [0, 0.1) is 16.0 Å². The van der Waals surface area contributed by atoms with Crippen LogP contribution in [-0.4, -0.2) is 23.4 Å². The average molecular weight is 342 g/mol. The van der Waals surface area contributed by atoms with Crippen LogP contribution in [0.3, 0.4) is 0 Å². The molecule has 1 aliphatic rings. The Morgan fingerprint density at radius 2 is 2.04 bits per heavy atom. The third-order valence-electron chi connectivity index (χ3n) is 3.99. The lowest BCUT2D eigenvalue weighted by molar-refractivity contribution is -0.386. The Bertz CT molecular complexity index is 595. The summed E-state index contributed by atoms with van der Waals surface area (Å²) >= 11 is 0. The first-order valence-corrected chi connectivity index (χ1v) is 7.53. The second-order valence-corrected chi connectivity index (χ2v) is 6.95. The van der Waals surface area contributed by atoms with E-state index < -0.39 is 4.92 Å². The highest BCUT2D eigenvalue weighted by atomic mass is 35.5. The number of amides is 1. The molecule has 1 amide bonds. The van der Waals surface area contributed by atoms with Crippen LogP contribution in [0.1, 0.15) is 49.5 Å². The number of nitrogens with one attached hydrogen (secondary N) is 1. The first kappa shape index (κ1) is 19.4. The molecule has 1 unspecified atom stereocenters. The van der Waals surface area contributed by atoms with E-state index >= 15 is 0 Å². The molecule has 6 nitrogen and oxygen atoms in total. The number of nitrogens with zero attached hydrogens (tertiary/aromatic N) is 1. The molecular formula is C16H24ClN3O3. The molecule has 0 bridgehead atoms. The quantitative estimate of drug-likeness (QED) is 0.635. The van der Waals surface area contributed by atoms with Crippen molar-refractivity contribution in [2.45, 2.75) is 45.1 Å². The minimum absolute atomic E-state index is 0. The first-order valence-electron chi connectivity index (χ1n) is 7.53. The van der Waals surface area contributed by atoms with Crippen molar-refractivity contribution >= 4 is 24.0 Å². The number of nitrogens with two attached hydrogens (primary N) is 1. The largest absolute Gasteiger partial charge is 0.350 e. The van der Waals surface area contributed by atoms with E-state index in [1.807, 2.05) is 20.8 Å². The van der Waals surface area contributed by atoms with Gasteiger partial charge in [-0.25, -0.2) is 0 Å². The SMILES string of the molecule is CC(C)(C)c1ccc(C(=O)NCC(N)C2CC2)cc1[N+](=O)[O-].Cl. The van der Waals surface area contributed by atoms with Crippen LogP contribution in [0.4, 0.5) is 5.69 Å². The minimum Gasteiger partial charge on any atom is -0.350 e. The lowest BCUT2D eigenvalue weighted by Gasteiger charge is -2.19. The maximum Gasteiger partial charge on any atom is 0.273 e. The smallest absolute Gasteiger partial charge is 0.273 e. The molecule has 3 N–H and O–H groups in total. The molecule has 0 radical (unpaired) electrons. The predicted octanol–water partition coefficient (Wildman–Crippen LogP) is 2.78. The number of carbonyl (C=O) groups is 1. The molecule has 0 aromatic heterocycles. The predicted molar refractivity (Wildman–Crippen MR) is 92.1 cm³/mol. The van der Waals surface area contributed by atoms with E-state index in [0.29, 0.717) is 23.6 Å². The van der Waals surface area contributed by atoms with Crippen LogP contribution in [0.5, 0.6) is 0 Å². The molecule has 0 spiro atoms. The van der Waals surface area contributed by atoms with E-state index in [0.717, 1.165) is 12.8 Å². The standard InChI is InChI=1S/C16H23N3O3.ClH/c1-16(2,3)12-7-6-11(8-14(12)19(21)22)15(20)18-9-13(17)10-4-5-10;/h6-8,10,13H,4-5,9,17H2,1-3H3,(H,18,20);1H. The highest BCUT2D eigenvalue weighted by Gasteiger charge is 2.29. The summed E-state index contributed by atoms with van der Waals surface area (Å²) in [5, 5.41) is 14.0. The summed E-state index contributed by atoms with van der Waals surface area (Å²) in [6.07, 6.45) is 2.23. The molecule has 1 aliphatic carbocycles. The molecule has 1 aromatic carbocycles. The van der Waals surface area contributed by atoms with Crippen molar-refractivity contribution in [3.8, 4) is 0 Å². The number of hydrogen-bond donors (Lipinski definition) is 2. The summed E-state index contributed by atoms with van der Waals surface area (Å²) < 4.78 is 0.